The van der Waals surface area contributed by atoms with E-state index in [9.17, 15) is 14.0 Å². The van der Waals surface area contributed by atoms with Crippen molar-refractivity contribution in [3.8, 4) is 0 Å². The number of amides is 2. The third-order valence-electron chi connectivity index (χ3n) is 5.45. The number of rotatable bonds is 7. The molecule has 0 unspecified atom stereocenters. The Kier molecular flexibility index (Phi) is 6.07. The fourth-order valence-electron chi connectivity index (χ4n) is 3.85. The lowest BCUT2D eigenvalue weighted by Crippen LogP contribution is -2.31. The number of para-hydroxylation sites is 2. The molecule has 2 amide bonds. The van der Waals surface area contributed by atoms with Gasteiger partial charge in [0.1, 0.15) is 18.2 Å². The number of benzene rings is 2. The number of hydrogen-bond donors (Lipinski definition) is 1. The fourth-order valence-corrected chi connectivity index (χ4v) is 3.85. The summed E-state index contributed by atoms with van der Waals surface area (Å²) < 4.78 is 15.0. The molecule has 0 saturated carbocycles. The first-order valence-electron chi connectivity index (χ1n) is 10.4. The number of fused-ring (bicyclic) bond motifs is 1. The highest BCUT2D eigenvalue weighted by Gasteiger charge is 2.20. The van der Waals surface area contributed by atoms with Crippen LogP contribution >= 0.6 is 0 Å². The van der Waals surface area contributed by atoms with Crippen LogP contribution in [0.4, 0.5) is 4.39 Å². The molecule has 6 nitrogen and oxygen atoms in total. The van der Waals surface area contributed by atoms with Gasteiger partial charge >= 0.3 is 0 Å². The normalized spacial score (nSPS) is 13.7. The van der Waals surface area contributed by atoms with Crippen LogP contribution < -0.4 is 5.32 Å². The summed E-state index contributed by atoms with van der Waals surface area (Å²) in [7, 11) is 0. The zero-order valence-corrected chi connectivity index (χ0v) is 16.8. The number of carbonyl (C=O) groups excluding carboxylic acids is 2. The maximum Gasteiger partial charge on any atom is 0.251 e. The van der Waals surface area contributed by atoms with Crippen LogP contribution in [0.25, 0.3) is 11.0 Å². The molecular weight excluding hydrogens is 383 g/mol. The number of hydrogen-bond acceptors (Lipinski definition) is 3. The molecule has 0 aliphatic carbocycles. The van der Waals surface area contributed by atoms with Gasteiger partial charge in [-0.25, -0.2) is 9.37 Å². The number of halogens is 1. The first kappa shape index (κ1) is 20.1. The third kappa shape index (κ3) is 4.50. The Morgan fingerprint density at radius 2 is 1.77 bits per heavy atom. The second-order valence-corrected chi connectivity index (χ2v) is 7.56. The van der Waals surface area contributed by atoms with Gasteiger partial charge < -0.3 is 14.8 Å². The number of likely N-dealkylation sites (tertiary alicyclic amines) is 1. The topological polar surface area (TPSA) is 67.2 Å². The second kappa shape index (κ2) is 9.07. The molecule has 0 bridgehead atoms. The Balaban J connectivity index is 1.40. The molecule has 156 valence electrons. The second-order valence-electron chi connectivity index (χ2n) is 7.56. The smallest absolute Gasteiger partial charge is 0.251 e. The Morgan fingerprint density at radius 3 is 2.53 bits per heavy atom. The minimum Gasteiger partial charge on any atom is -0.352 e. The van der Waals surface area contributed by atoms with Gasteiger partial charge in [-0.1, -0.05) is 12.1 Å². The van der Waals surface area contributed by atoms with Crippen molar-refractivity contribution in [2.75, 3.05) is 19.6 Å². The van der Waals surface area contributed by atoms with E-state index in [0.717, 1.165) is 42.8 Å². The van der Waals surface area contributed by atoms with E-state index in [1.807, 2.05) is 33.7 Å². The summed E-state index contributed by atoms with van der Waals surface area (Å²) in [5.74, 6) is 0.378. The van der Waals surface area contributed by atoms with E-state index in [1.54, 1.807) is 0 Å². The summed E-state index contributed by atoms with van der Waals surface area (Å²) in [5, 5.41) is 2.85. The Labute approximate surface area is 174 Å². The van der Waals surface area contributed by atoms with Gasteiger partial charge in [0.05, 0.1) is 11.0 Å². The molecule has 7 heteroatoms. The van der Waals surface area contributed by atoms with E-state index in [2.05, 4.69) is 5.32 Å². The number of carbonyl (C=O) groups is 2. The Bertz CT molecular complexity index is 1040. The van der Waals surface area contributed by atoms with Gasteiger partial charge in [0.2, 0.25) is 5.91 Å². The van der Waals surface area contributed by atoms with Gasteiger partial charge in [-0.05, 0) is 55.7 Å². The van der Waals surface area contributed by atoms with Crippen LogP contribution in [0.5, 0.6) is 0 Å². The third-order valence-corrected chi connectivity index (χ3v) is 5.45. The summed E-state index contributed by atoms with van der Waals surface area (Å²) >= 11 is 0. The van der Waals surface area contributed by atoms with E-state index >= 15 is 0 Å². The van der Waals surface area contributed by atoms with Crippen LogP contribution in [0.1, 0.15) is 35.4 Å². The zero-order valence-electron chi connectivity index (χ0n) is 16.8. The minimum absolute atomic E-state index is 0.126. The number of nitrogens with one attached hydrogen (secondary N) is 1. The average molecular weight is 408 g/mol. The first-order valence-corrected chi connectivity index (χ1v) is 10.4. The summed E-state index contributed by atoms with van der Waals surface area (Å²) in [6.07, 6.45) is 3.47. The molecule has 30 heavy (non-hydrogen) atoms. The molecule has 1 aliphatic rings. The Morgan fingerprint density at radius 1 is 1.03 bits per heavy atom. The van der Waals surface area contributed by atoms with Gasteiger partial charge in [-0.2, -0.15) is 0 Å². The highest BCUT2D eigenvalue weighted by molar-refractivity contribution is 5.94. The van der Waals surface area contributed by atoms with Crippen LogP contribution in [0.2, 0.25) is 0 Å². The van der Waals surface area contributed by atoms with Crippen LogP contribution in [0.3, 0.4) is 0 Å². The highest BCUT2D eigenvalue weighted by atomic mass is 19.1. The summed E-state index contributed by atoms with van der Waals surface area (Å²) in [5.41, 5.74) is 2.26. The summed E-state index contributed by atoms with van der Waals surface area (Å²) in [4.78, 5) is 31.5. The fraction of sp³-hybridized carbons (Fsp3) is 0.348. The Hall–Kier alpha value is -3.22. The van der Waals surface area contributed by atoms with Crippen molar-refractivity contribution in [3.05, 3.63) is 65.7 Å². The standard InChI is InChI=1S/C23H25FN4O2/c24-18-11-9-17(10-12-18)23(30)25-13-5-8-21-26-19-6-1-2-7-20(19)28(21)16-22(29)27-14-3-4-15-27/h1-2,6-7,9-12H,3-5,8,13-16H2,(H,25,30). The van der Waals surface area contributed by atoms with E-state index < -0.39 is 0 Å². The lowest BCUT2D eigenvalue weighted by Gasteiger charge is -2.17. The molecule has 3 aromatic rings. The van der Waals surface area contributed by atoms with Crippen LogP contribution in [-0.2, 0) is 17.8 Å². The first-order chi connectivity index (χ1) is 14.6. The predicted molar refractivity (Wildman–Crippen MR) is 113 cm³/mol. The zero-order chi connectivity index (χ0) is 20.9. The monoisotopic (exact) mass is 408 g/mol. The van der Waals surface area contributed by atoms with E-state index in [-0.39, 0.29) is 24.2 Å². The maximum atomic E-state index is 13.0. The van der Waals surface area contributed by atoms with Crippen LogP contribution in [-0.4, -0.2) is 45.9 Å². The number of aromatic nitrogens is 2. The summed E-state index contributed by atoms with van der Waals surface area (Å²) in [6.45, 7) is 2.42. The number of nitrogens with zero attached hydrogens (tertiary/aromatic N) is 3. The number of aryl methyl sites for hydroxylation is 1. The van der Waals surface area contributed by atoms with Gasteiger partial charge in [0.15, 0.2) is 0 Å². The molecule has 0 spiro atoms. The molecule has 1 fully saturated rings. The quantitative estimate of drug-likeness (QED) is 0.611. The predicted octanol–water partition coefficient (Wildman–Crippen LogP) is 3.16. The van der Waals surface area contributed by atoms with Gasteiger partial charge in [0.25, 0.3) is 5.91 Å². The molecule has 2 aromatic carbocycles. The lowest BCUT2D eigenvalue weighted by molar-refractivity contribution is -0.130. The summed E-state index contributed by atoms with van der Waals surface area (Å²) in [6, 6.07) is 13.3. The number of imidazole rings is 1. The molecule has 1 saturated heterocycles. The molecule has 4 rings (SSSR count). The van der Waals surface area contributed by atoms with E-state index in [0.29, 0.717) is 24.9 Å². The SMILES string of the molecule is O=C(NCCCc1nc2ccccc2n1CC(=O)N1CCCC1)c1ccc(F)cc1. The van der Waals surface area contributed by atoms with E-state index in [4.69, 9.17) is 4.98 Å². The largest absolute Gasteiger partial charge is 0.352 e. The van der Waals surface area contributed by atoms with Crippen LogP contribution in [0.15, 0.2) is 48.5 Å². The van der Waals surface area contributed by atoms with Crippen molar-refractivity contribution < 1.29 is 14.0 Å². The molecule has 0 radical (unpaired) electrons. The van der Waals surface area contributed by atoms with Gasteiger partial charge in [0, 0.05) is 31.6 Å². The van der Waals surface area contributed by atoms with Crippen molar-refractivity contribution in [3.63, 3.8) is 0 Å². The molecule has 1 aliphatic heterocycles. The van der Waals surface area contributed by atoms with Crippen molar-refractivity contribution in [2.24, 2.45) is 0 Å². The lowest BCUT2D eigenvalue weighted by atomic mass is 10.2. The molecule has 0 atom stereocenters. The molecule has 1 N–H and O–H groups in total. The van der Waals surface area contributed by atoms with E-state index in [1.165, 1.54) is 24.3 Å². The van der Waals surface area contributed by atoms with Crippen molar-refractivity contribution in [2.45, 2.75) is 32.2 Å². The maximum absolute atomic E-state index is 13.0. The minimum atomic E-state index is -0.367. The molecule has 2 heterocycles. The van der Waals surface area contributed by atoms with Crippen molar-refractivity contribution >= 4 is 22.8 Å². The average Bonchev–Trinajstić information content (AvgIpc) is 3.40. The van der Waals surface area contributed by atoms with Crippen molar-refractivity contribution in [1.29, 1.82) is 0 Å². The van der Waals surface area contributed by atoms with Crippen LogP contribution in [0, 0.1) is 5.82 Å². The van der Waals surface area contributed by atoms with Crippen molar-refractivity contribution in [1.82, 2.24) is 19.8 Å². The van der Waals surface area contributed by atoms with Gasteiger partial charge in [-0.3, -0.25) is 9.59 Å². The molecule has 1 aromatic heterocycles. The molecular formula is C23H25FN4O2. The van der Waals surface area contributed by atoms with Gasteiger partial charge in [-0.15, -0.1) is 0 Å². The highest BCUT2D eigenvalue weighted by Crippen LogP contribution is 2.18.